The molecule has 1 amide bonds. The molecule has 2 aromatic carbocycles. The Balaban J connectivity index is 1.82. The highest BCUT2D eigenvalue weighted by Gasteiger charge is 2.26. The summed E-state index contributed by atoms with van der Waals surface area (Å²) in [7, 11) is 3.06. The molecule has 2 heterocycles. The highest BCUT2D eigenvalue weighted by molar-refractivity contribution is 6.20. The van der Waals surface area contributed by atoms with E-state index in [1.165, 1.54) is 14.2 Å². The van der Waals surface area contributed by atoms with Gasteiger partial charge >= 0.3 is 0 Å². The first-order valence-corrected chi connectivity index (χ1v) is 9.56. The maximum absolute atomic E-state index is 13.3. The lowest BCUT2D eigenvalue weighted by Gasteiger charge is -2.10. The number of hydrogen-bond donors (Lipinski definition) is 2. The first-order valence-electron chi connectivity index (χ1n) is 9.56. The average Bonchev–Trinajstić information content (AvgIpc) is 3.10. The van der Waals surface area contributed by atoms with Gasteiger partial charge in [-0.1, -0.05) is 30.3 Å². The zero-order valence-electron chi connectivity index (χ0n) is 17.1. The SMILES string of the molecule is COc1cccc(C(=O)c2c(N)c(C(=O)Nc3ccccc3OC)c3ccccn23)c1. The smallest absolute Gasteiger partial charge is 0.260 e. The second-order valence-electron chi connectivity index (χ2n) is 6.81. The summed E-state index contributed by atoms with van der Waals surface area (Å²) < 4.78 is 12.2. The molecule has 0 atom stereocenters. The van der Waals surface area contributed by atoms with Gasteiger partial charge in [-0.25, -0.2) is 0 Å². The highest BCUT2D eigenvalue weighted by Crippen LogP contribution is 2.31. The number of rotatable bonds is 6. The van der Waals surface area contributed by atoms with Gasteiger partial charge in [-0.2, -0.15) is 0 Å². The van der Waals surface area contributed by atoms with E-state index < -0.39 is 5.91 Å². The molecule has 0 saturated carbocycles. The van der Waals surface area contributed by atoms with Crippen LogP contribution in [0.25, 0.3) is 5.52 Å². The number of nitrogens with two attached hydrogens (primary N) is 1. The number of hydrogen-bond acceptors (Lipinski definition) is 5. The Bertz CT molecular complexity index is 1290. The first-order chi connectivity index (χ1) is 15.0. The summed E-state index contributed by atoms with van der Waals surface area (Å²) >= 11 is 0. The van der Waals surface area contributed by atoms with Crippen LogP contribution < -0.4 is 20.5 Å². The Kier molecular flexibility index (Phi) is 5.32. The van der Waals surface area contributed by atoms with E-state index in [1.807, 2.05) is 6.07 Å². The molecule has 0 aliphatic heterocycles. The number of nitrogens with zero attached hydrogens (tertiary/aromatic N) is 1. The van der Waals surface area contributed by atoms with Gasteiger partial charge in [-0.05, 0) is 36.4 Å². The number of aromatic nitrogens is 1. The number of benzene rings is 2. The summed E-state index contributed by atoms with van der Waals surface area (Å²) in [4.78, 5) is 26.5. The number of ketones is 1. The number of para-hydroxylation sites is 2. The third-order valence-electron chi connectivity index (χ3n) is 5.01. The quantitative estimate of drug-likeness (QED) is 0.464. The minimum Gasteiger partial charge on any atom is -0.497 e. The lowest BCUT2D eigenvalue weighted by atomic mass is 10.1. The molecule has 0 fully saturated rings. The zero-order chi connectivity index (χ0) is 22.0. The number of anilines is 2. The number of carbonyl (C=O) groups excluding carboxylic acids is 2. The molecular formula is C24H21N3O4. The van der Waals surface area contributed by atoms with Gasteiger partial charge in [0.05, 0.1) is 36.7 Å². The van der Waals surface area contributed by atoms with Gasteiger partial charge in [0.25, 0.3) is 5.91 Å². The van der Waals surface area contributed by atoms with Gasteiger partial charge in [0.1, 0.15) is 17.2 Å². The van der Waals surface area contributed by atoms with E-state index in [-0.39, 0.29) is 22.7 Å². The monoisotopic (exact) mass is 415 g/mol. The number of fused-ring (bicyclic) bond motifs is 1. The van der Waals surface area contributed by atoms with Crippen LogP contribution in [0.3, 0.4) is 0 Å². The van der Waals surface area contributed by atoms with E-state index in [2.05, 4.69) is 5.32 Å². The number of carbonyl (C=O) groups is 2. The lowest BCUT2D eigenvalue weighted by molar-refractivity contribution is 0.102. The van der Waals surface area contributed by atoms with E-state index in [0.29, 0.717) is 28.3 Å². The van der Waals surface area contributed by atoms with Crippen LogP contribution in [-0.4, -0.2) is 30.3 Å². The molecular weight excluding hydrogens is 394 g/mol. The Morgan fingerprint density at radius 1 is 0.935 bits per heavy atom. The molecule has 7 nitrogen and oxygen atoms in total. The van der Waals surface area contributed by atoms with Gasteiger partial charge in [0.15, 0.2) is 0 Å². The van der Waals surface area contributed by atoms with Gasteiger partial charge < -0.3 is 24.9 Å². The Morgan fingerprint density at radius 2 is 1.71 bits per heavy atom. The van der Waals surface area contributed by atoms with Crippen LogP contribution in [0, 0.1) is 0 Å². The van der Waals surface area contributed by atoms with Gasteiger partial charge in [-0.3, -0.25) is 9.59 Å². The largest absolute Gasteiger partial charge is 0.497 e. The molecule has 4 rings (SSSR count). The van der Waals surface area contributed by atoms with Crippen molar-refractivity contribution in [2.24, 2.45) is 0 Å². The van der Waals surface area contributed by atoms with E-state index in [9.17, 15) is 9.59 Å². The summed E-state index contributed by atoms with van der Waals surface area (Å²) in [6.45, 7) is 0. The highest BCUT2D eigenvalue weighted by atomic mass is 16.5. The summed E-state index contributed by atoms with van der Waals surface area (Å²) in [5.41, 5.74) is 8.36. The fraction of sp³-hybridized carbons (Fsp3) is 0.0833. The minimum atomic E-state index is -0.435. The third-order valence-corrected chi connectivity index (χ3v) is 5.01. The lowest BCUT2D eigenvalue weighted by Crippen LogP contribution is -2.14. The first kappa shape index (κ1) is 20.0. The fourth-order valence-corrected chi connectivity index (χ4v) is 3.53. The van der Waals surface area contributed by atoms with Crippen molar-refractivity contribution in [1.29, 1.82) is 0 Å². The zero-order valence-corrected chi connectivity index (χ0v) is 17.1. The third kappa shape index (κ3) is 3.57. The number of nitrogen functional groups attached to an aromatic ring is 1. The number of methoxy groups -OCH3 is 2. The van der Waals surface area contributed by atoms with Crippen LogP contribution in [0.4, 0.5) is 11.4 Å². The van der Waals surface area contributed by atoms with E-state index >= 15 is 0 Å². The van der Waals surface area contributed by atoms with Crippen molar-refractivity contribution in [1.82, 2.24) is 4.40 Å². The number of ether oxygens (including phenoxy) is 2. The van der Waals surface area contributed by atoms with Crippen LogP contribution in [0.1, 0.15) is 26.4 Å². The molecule has 31 heavy (non-hydrogen) atoms. The molecule has 0 aliphatic rings. The van der Waals surface area contributed by atoms with Crippen molar-refractivity contribution in [3.05, 3.63) is 89.7 Å². The molecule has 0 spiro atoms. The van der Waals surface area contributed by atoms with Gasteiger partial charge in [-0.15, -0.1) is 0 Å². The Labute approximate surface area is 179 Å². The predicted molar refractivity (Wildman–Crippen MR) is 119 cm³/mol. The maximum atomic E-state index is 13.3. The minimum absolute atomic E-state index is 0.103. The molecule has 0 bridgehead atoms. The standard InChI is InChI=1S/C24H21N3O4/c1-30-16-9-7-8-15(14-16)23(28)22-21(25)20(18-11-5-6-13-27(18)22)24(29)26-17-10-3-4-12-19(17)31-2/h3-14H,25H2,1-2H3,(H,26,29). The number of nitrogens with one attached hydrogen (secondary N) is 1. The average molecular weight is 415 g/mol. The fourth-order valence-electron chi connectivity index (χ4n) is 3.53. The molecule has 0 saturated heterocycles. The molecule has 3 N–H and O–H groups in total. The molecule has 4 aromatic rings. The molecule has 0 aliphatic carbocycles. The summed E-state index contributed by atoms with van der Waals surface area (Å²) in [6.07, 6.45) is 1.71. The van der Waals surface area contributed by atoms with Crippen molar-refractivity contribution in [2.75, 3.05) is 25.3 Å². The van der Waals surface area contributed by atoms with Gasteiger partial charge in [0, 0.05) is 11.8 Å². The Hall–Kier alpha value is -4.26. The summed E-state index contributed by atoms with van der Waals surface area (Å²) in [6, 6.07) is 19.2. The van der Waals surface area contributed by atoms with Crippen LogP contribution in [0.5, 0.6) is 11.5 Å². The van der Waals surface area contributed by atoms with Crippen LogP contribution in [0.15, 0.2) is 72.9 Å². The summed E-state index contributed by atoms with van der Waals surface area (Å²) in [5.74, 6) is 0.328. The summed E-state index contributed by atoms with van der Waals surface area (Å²) in [5, 5.41) is 2.83. The van der Waals surface area contributed by atoms with E-state index in [1.54, 1.807) is 71.3 Å². The molecule has 2 aromatic heterocycles. The second-order valence-corrected chi connectivity index (χ2v) is 6.81. The van der Waals surface area contributed by atoms with Crippen molar-refractivity contribution < 1.29 is 19.1 Å². The predicted octanol–water partition coefficient (Wildman–Crippen LogP) is 4.02. The Morgan fingerprint density at radius 3 is 2.48 bits per heavy atom. The molecule has 7 heteroatoms. The van der Waals surface area contributed by atoms with Crippen molar-refractivity contribution in [3.8, 4) is 11.5 Å². The molecule has 156 valence electrons. The number of amides is 1. The topological polar surface area (TPSA) is 95.1 Å². The number of pyridine rings is 1. The van der Waals surface area contributed by atoms with Crippen molar-refractivity contribution >= 4 is 28.6 Å². The van der Waals surface area contributed by atoms with Gasteiger partial charge in [0.2, 0.25) is 5.78 Å². The van der Waals surface area contributed by atoms with Crippen LogP contribution in [-0.2, 0) is 0 Å². The van der Waals surface area contributed by atoms with E-state index in [0.717, 1.165) is 0 Å². The molecule has 0 radical (unpaired) electrons. The van der Waals surface area contributed by atoms with E-state index in [4.69, 9.17) is 15.2 Å². The maximum Gasteiger partial charge on any atom is 0.260 e. The van der Waals surface area contributed by atoms with Crippen molar-refractivity contribution in [3.63, 3.8) is 0 Å². The normalized spacial score (nSPS) is 10.6. The van der Waals surface area contributed by atoms with Crippen LogP contribution >= 0.6 is 0 Å². The van der Waals surface area contributed by atoms with Crippen molar-refractivity contribution in [2.45, 2.75) is 0 Å². The molecule has 0 unspecified atom stereocenters. The second kappa shape index (κ2) is 8.23. The van der Waals surface area contributed by atoms with Crippen LogP contribution in [0.2, 0.25) is 0 Å².